The Morgan fingerprint density at radius 1 is 1.47 bits per heavy atom. The van der Waals surface area contributed by atoms with Crippen LogP contribution in [-0.2, 0) is 0 Å². The van der Waals surface area contributed by atoms with Crippen LogP contribution in [0.4, 0.5) is 0 Å². The summed E-state index contributed by atoms with van der Waals surface area (Å²) in [5.41, 5.74) is 8.46. The quantitative estimate of drug-likeness (QED) is 0.770. The number of nitrogens with two attached hydrogens (primary N) is 1. The summed E-state index contributed by atoms with van der Waals surface area (Å²) >= 11 is 4.91. The highest BCUT2D eigenvalue weighted by Gasteiger charge is 2.03. The molecule has 0 spiro atoms. The van der Waals surface area contributed by atoms with Gasteiger partial charge in [-0.1, -0.05) is 12.2 Å². The van der Waals surface area contributed by atoms with Gasteiger partial charge in [0, 0.05) is 5.56 Å². The molecule has 0 bridgehead atoms. The van der Waals surface area contributed by atoms with E-state index in [-0.39, 0.29) is 0 Å². The Morgan fingerprint density at radius 2 is 2.27 bits per heavy atom. The normalized spacial score (nSPS) is 10.2. The predicted molar refractivity (Wildman–Crippen MR) is 62.0 cm³/mol. The second-order valence-corrected chi connectivity index (χ2v) is 3.65. The van der Waals surface area contributed by atoms with E-state index in [1.165, 1.54) is 6.33 Å². The lowest BCUT2D eigenvalue weighted by molar-refractivity contribution is 0.871. The van der Waals surface area contributed by atoms with Gasteiger partial charge in [0.2, 0.25) is 0 Å². The Kier molecular flexibility index (Phi) is 2.47. The first-order chi connectivity index (χ1) is 7.18. The molecule has 0 unspecified atom stereocenters. The SMILES string of the molecule is Cc1cc(C(N)=S)ccc1-n1cncn1. The zero-order chi connectivity index (χ0) is 10.8. The summed E-state index contributed by atoms with van der Waals surface area (Å²) in [6, 6.07) is 5.75. The molecule has 0 saturated heterocycles. The van der Waals surface area contributed by atoms with Gasteiger partial charge in [-0.2, -0.15) is 5.10 Å². The van der Waals surface area contributed by atoms with Crippen molar-refractivity contribution in [3.63, 3.8) is 0 Å². The van der Waals surface area contributed by atoms with Crippen LogP contribution in [0, 0.1) is 6.92 Å². The van der Waals surface area contributed by atoms with E-state index in [1.807, 2.05) is 25.1 Å². The van der Waals surface area contributed by atoms with Crippen LogP contribution in [0.25, 0.3) is 5.69 Å². The standard InChI is InChI=1S/C10H10N4S/c1-7-4-8(10(11)15)2-3-9(7)14-6-12-5-13-14/h2-6H,1H3,(H2,11,15). The van der Waals surface area contributed by atoms with Crippen LogP contribution >= 0.6 is 12.2 Å². The van der Waals surface area contributed by atoms with Gasteiger partial charge in [0.15, 0.2) is 0 Å². The Hall–Kier alpha value is -1.75. The minimum Gasteiger partial charge on any atom is -0.389 e. The molecular formula is C10H10N4S. The molecule has 0 radical (unpaired) electrons. The first-order valence-corrected chi connectivity index (χ1v) is 4.85. The third-order valence-electron chi connectivity index (χ3n) is 2.15. The van der Waals surface area contributed by atoms with Crippen LogP contribution in [0.2, 0.25) is 0 Å². The molecule has 2 aromatic rings. The summed E-state index contributed by atoms with van der Waals surface area (Å²) < 4.78 is 1.71. The molecule has 0 aliphatic heterocycles. The Morgan fingerprint density at radius 3 is 2.80 bits per heavy atom. The number of aromatic nitrogens is 3. The molecule has 76 valence electrons. The number of aryl methyl sites for hydroxylation is 1. The molecule has 1 aromatic heterocycles. The van der Waals surface area contributed by atoms with E-state index in [0.717, 1.165) is 16.8 Å². The Balaban J connectivity index is 2.48. The van der Waals surface area contributed by atoms with Crippen molar-refractivity contribution < 1.29 is 0 Å². The maximum Gasteiger partial charge on any atom is 0.138 e. The van der Waals surface area contributed by atoms with Crippen molar-refractivity contribution in [1.82, 2.24) is 14.8 Å². The summed E-state index contributed by atoms with van der Waals surface area (Å²) in [5.74, 6) is 0. The van der Waals surface area contributed by atoms with E-state index < -0.39 is 0 Å². The summed E-state index contributed by atoms with van der Waals surface area (Å²) in [7, 11) is 0. The number of hydrogen-bond donors (Lipinski definition) is 1. The molecule has 2 rings (SSSR count). The van der Waals surface area contributed by atoms with E-state index in [4.69, 9.17) is 18.0 Å². The van der Waals surface area contributed by atoms with Gasteiger partial charge in [-0.25, -0.2) is 9.67 Å². The van der Waals surface area contributed by atoms with E-state index in [1.54, 1.807) is 11.0 Å². The molecule has 0 amide bonds. The molecule has 5 heteroatoms. The van der Waals surface area contributed by atoms with Crippen molar-refractivity contribution >= 4 is 17.2 Å². The first kappa shape index (κ1) is 9.79. The molecule has 0 saturated carbocycles. The summed E-state index contributed by atoms with van der Waals surface area (Å²) in [6.45, 7) is 1.98. The average Bonchev–Trinajstić information content (AvgIpc) is 2.70. The Labute approximate surface area is 92.7 Å². The first-order valence-electron chi connectivity index (χ1n) is 4.44. The number of hydrogen-bond acceptors (Lipinski definition) is 3. The average molecular weight is 218 g/mol. The largest absolute Gasteiger partial charge is 0.389 e. The third-order valence-corrected chi connectivity index (χ3v) is 2.38. The zero-order valence-electron chi connectivity index (χ0n) is 8.21. The molecule has 0 aliphatic carbocycles. The fraction of sp³-hybridized carbons (Fsp3) is 0.100. The molecule has 0 atom stereocenters. The van der Waals surface area contributed by atoms with Crippen molar-refractivity contribution in [3.05, 3.63) is 42.0 Å². The lowest BCUT2D eigenvalue weighted by Crippen LogP contribution is -2.10. The van der Waals surface area contributed by atoms with Gasteiger partial charge >= 0.3 is 0 Å². The van der Waals surface area contributed by atoms with Crippen LogP contribution < -0.4 is 5.73 Å². The van der Waals surface area contributed by atoms with Crippen molar-refractivity contribution in [3.8, 4) is 5.69 Å². The molecule has 0 fully saturated rings. The highest BCUT2D eigenvalue weighted by Crippen LogP contribution is 2.14. The summed E-state index contributed by atoms with van der Waals surface area (Å²) in [4.78, 5) is 4.30. The van der Waals surface area contributed by atoms with E-state index >= 15 is 0 Å². The van der Waals surface area contributed by atoms with Crippen LogP contribution in [0.3, 0.4) is 0 Å². The molecule has 15 heavy (non-hydrogen) atoms. The summed E-state index contributed by atoms with van der Waals surface area (Å²) in [6.07, 6.45) is 3.16. The van der Waals surface area contributed by atoms with Gasteiger partial charge in [-0.15, -0.1) is 0 Å². The van der Waals surface area contributed by atoms with Crippen LogP contribution in [-0.4, -0.2) is 19.8 Å². The van der Waals surface area contributed by atoms with E-state index in [0.29, 0.717) is 4.99 Å². The van der Waals surface area contributed by atoms with Gasteiger partial charge < -0.3 is 5.73 Å². The molecule has 1 heterocycles. The van der Waals surface area contributed by atoms with Crippen molar-refractivity contribution in [2.75, 3.05) is 0 Å². The highest BCUT2D eigenvalue weighted by atomic mass is 32.1. The smallest absolute Gasteiger partial charge is 0.138 e. The molecule has 0 aliphatic rings. The van der Waals surface area contributed by atoms with Gasteiger partial charge in [0.25, 0.3) is 0 Å². The van der Waals surface area contributed by atoms with Gasteiger partial charge in [0.1, 0.15) is 17.6 Å². The maximum atomic E-state index is 5.55. The van der Waals surface area contributed by atoms with Gasteiger partial charge in [0.05, 0.1) is 5.69 Å². The minimum atomic E-state index is 0.406. The topological polar surface area (TPSA) is 56.7 Å². The van der Waals surface area contributed by atoms with Crippen molar-refractivity contribution in [2.24, 2.45) is 5.73 Å². The van der Waals surface area contributed by atoms with E-state index in [2.05, 4.69) is 10.1 Å². The van der Waals surface area contributed by atoms with Crippen LogP contribution in [0.1, 0.15) is 11.1 Å². The number of rotatable bonds is 2. The molecular weight excluding hydrogens is 208 g/mol. The van der Waals surface area contributed by atoms with Crippen molar-refractivity contribution in [2.45, 2.75) is 6.92 Å². The monoisotopic (exact) mass is 218 g/mol. The predicted octanol–water partition coefficient (Wildman–Crippen LogP) is 1.21. The lowest BCUT2D eigenvalue weighted by atomic mass is 10.1. The second kappa shape index (κ2) is 3.78. The minimum absolute atomic E-state index is 0.406. The van der Waals surface area contributed by atoms with E-state index in [9.17, 15) is 0 Å². The maximum absolute atomic E-state index is 5.55. The number of benzene rings is 1. The lowest BCUT2D eigenvalue weighted by Gasteiger charge is -2.06. The van der Waals surface area contributed by atoms with Crippen LogP contribution in [0.15, 0.2) is 30.9 Å². The summed E-state index contributed by atoms with van der Waals surface area (Å²) in [5, 5.41) is 4.06. The zero-order valence-corrected chi connectivity index (χ0v) is 9.03. The fourth-order valence-corrected chi connectivity index (χ4v) is 1.53. The van der Waals surface area contributed by atoms with Gasteiger partial charge in [-0.3, -0.25) is 0 Å². The van der Waals surface area contributed by atoms with Crippen LogP contribution in [0.5, 0.6) is 0 Å². The number of thiocarbonyl (C=S) groups is 1. The Bertz CT molecular complexity index is 490. The highest BCUT2D eigenvalue weighted by molar-refractivity contribution is 7.80. The van der Waals surface area contributed by atoms with Crippen molar-refractivity contribution in [1.29, 1.82) is 0 Å². The second-order valence-electron chi connectivity index (χ2n) is 3.21. The number of nitrogens with zero attached hydrogens (tertiary/aromatic N) is 3. The molecule has 4 nitrogen and oxygen atoms in total. The molecule has 2 N–H and O–H groups in total. The van der Waals surface area contributed by atoms with Gasteiger partial charge in [-0.05, 0) is 30.7 Å². The fourth-order valence-electron chi connectivity index (χ4n) is 1.40. The molecule has 1 aromatic carbocycles. The third kappa shape index (κ3) is 1.87.